The van der Waals surface area contributed by atoms with Crippen LogP contribution in [0.5, 0.6) is 0 Å². The van der Waals surface area contributed by atoms with Crippen molar-refractivity contribution in [1.29, 1.82) is 0 Å². The minimum Gasteiger partial charge on any atom is -0.416 e. The highest BCUT2D eigenvalue weighted by atomic mass is 32.2. The maximum Gasteiger partial charge on any atom is 0.419 e. The number of piperidine rings is 1. The van der Waals surface area contributed by atoms with Crippen LogP contribution in [0.3, 0.4) is 0 Å². The molecule has 0 N–H and O–H groups in total. The summed E-state index contributed by atoms with van der Waals surface area (Å²) in [5.41, 5.74) is 1.41. The molecule has 1 fully saturated rings. The Labute approximate surface area is 188 Å². The van der Waals surface area contributed by atoms with E-state index in [4.69, 9.17) is 4.42 Å². The summed E-state index contributed by atoms with van der Waals surface area (Å²) in [4.78, 5) is 15.6. The van der Waals surface area contributed by atoms with Crippen LogP contribution in [0.25, 0.3) is 0 Å². The van der Waals surface area contributed by atoms with Gasteiger partial charge in [-0.1, -0.05) is 48.5 Å². The molecule has 1 atom stereocenters. The molecule has 1 unspecified atom stereocenters. The van der Waals surface area contributed by atoms with Gasteiger partial charge in [0, 0.05) is 36.8 Å². The highest BCUT2D eigenvalue weighted by Gasteiger charge is 2.23. The Balaban J connectivity index is 1.32. The van der Waals surface area contributed by atoms with Crippen LogP contribution in [0.2, 0.25) is 0 Å². The fourth-order valence-corrected chi connectivity index (χ4v) is 5.30. The minimum atomic E-state index is -0.235. The normalized spacial score (nSPS) is 16.6. The van der Waals surface area contributed by atoms with E-state index in [9.17, 15) is 4.79 Å². The van der Waals surface area contributed by atoms with Crippen LogP contribution in [0.1, 0.15) is 36.8 Å². The van der Waals surface area contributed by atoms with Crippen LogP contribution in [-0.4, -0.2) is 47.0 Å². The van der Waals surface area contributed by atoms with Crippen molar-refractivity contribution in [3.05, 3.63) is 89.2 Å². The molecule has 0 bridgehead atoms. The van der Waals surface area contributed by atoms with Gasteiger partial charge in [0.25, 0.3) is 0 Å². The summed E-state index contributed by atoms with van der Waals surface area (Å²) in [6, 6.07) is 21.7. The van der Waals surface area contributed by atoms with Gasteiger partial charge in [-0.25, -0.2) is 9.10 Å². The van der Waals surface area contributed by atoms with Crippen molar-refractivity contribution in [2.45, 2.75) is 36.1 Å². The summed E-state index contributed by atoms with van der Waals surface area (Å²) in [5.74, 6) is 0.248. The molecule has 0 radical (unpaired) electrons. The van der Waals surface area contributed by atoms with Gasteiger partial charge in [0.1, 0.15) is 6.26 Å². The monoisotopic (exact) mass is 437 g/mol. The number of rotatable bonds is 9. The first-order chi connectivity index (χ1) is 15.2. The highest BCUT2D eigenvalue weighted by Crippen LogP contribution is 2.28. The van der Waals surface area contributed by atoms with Gasteiger partial charge in [0.15, 0.2) is 0 Å². The van der Waals surface area contributed by atoms with E-state index in [2.05, 4.69) is 76.9 Å². The molecular formula is C25H31N3O2S. The second kappa shape index (κ2) is 10.8. The number of hydrogen-bond acceptors (Lipinski definition) is 5. The Morgan fingerprint density at radius 1 is 1.06 bits per heavy atom. The average Bonchev–Trinajstić information content (AvgIpc) is 3.24. The topological polar surface area (TPSA) is 41.6 Å². The Morgan fingerprint density at radius 3 is 2.39 bits per heavy atom. The fourth-order valence-electron chi connectivity index (χ4n) is 4.40. The molecule has 5 nitrogen and oxygen atoms in total. The first-order valence-electron chi connectivity index (χ1n) is 11.1. The van der Waals surface area contributed by atoms with Crippen molar-refractivity contribution in [2.24, 2.45) is 0 Å². The van der Waals surface area contributed by atoms with Gasteiger partial charge in [0.05, 0.1) is 0 Å². The molecule has 164 valence electrons. The van der Waals surface area contributed by atoms with E-state index in [0.717, 1.165) is 45.4 Å². The fraction of sp³-hybridized carbons (Fsp3) is 0.400. The number of likely N-dealkylation sites (tertiary alicyclic amines) is 1. The third kappa shape index (κ3) is 6.12. The molecule has 0 aliphatic carbocycles. The second-order valence-electron chi connectivity index (χ2n) is 8.26. The Hall–Kier alpha value is -2.28. The molecule has 31 heavy (non-hydrogen) atoms. The predicted molar refractivity (Wildman–Crippen MR) is 126 cm³/mol. The number of benzene rings is 2. The quantitative estimate of drug-likeness (QED) is 0.446. The Kier molecular flexibility index (Phi) is 7.67. The summed E-state index contributed by atoms with van der Waals surface area (Å²) >= 11 is 1.81. The molecule has 2 heterocycles. The van der Waals surface area contributed by atoms with Gasteiger partial charge in [-0.05, 0) is 68.4 Å². The molecule has 1 aromatic heterocycles. The first kappa shape index (κ1) is 21.9. The summed E-state index contributed by atoms with van der Waals surface area (Å²) in [6.45, 7) is 4.14. The van der Waals surface area contributed by atoms with Crippen molar-refractivity contribution in [1.82, 2.24) is 13.8 Å². The lowest BCUT2D eigenvalue weighted by Gasteiger charge is -2.33. The standard InChI is InChI=1S/C25H31N3O2S/c1-26(31-24-10-6-3-7-11-24)20-22(21-8-4-2-5-9-21)12-15-27-16-13-23(14-17-27)28-18-19-30-25(28)29/h2-11,18-19,22-23H,12-17,20H2,1H3. The number of aromatic nitrogens is 1. The SMILES string of the molecule is CN(CC(CCN1CCC(n2ccoc2=O)CC1)c1ccccc1)Sc1ccccc1. The Bertz CT molecular complexity index is 965. The van der Waals surface area contributed by atoms with Crippen LogP contribution >= 0.6 is 11.9 Å². The van der Waals surface area contributed by atoms with Gasteiger partial charge in [-0.3, -0.25) is 4.57 Å². The second-order valence-corrected chi connectivity index (χ2v) is 9.54. The lowest BCUT2D eigenvalue weighted by Crippen LogP contribution is -2.37. The smallest absolute Gasteiger partial charge is 0.416 e. The van der Waals surface area contributed by atoms with Crippen LogP contribution < -0.4 is 5.76 Å². The zero-order valence-electron chi connectivity index (χ0n) is 18.1. The highest BCUT2D eigenvalue weighted by molar-refractivity contribution is 7.97. The van der Waals surface area contributed by atoms with E-state index in [1.54, 1.807) is 22.7 Å². The summed E-state index contributed by atoms with van der Waals surface area (Å²) in [6.07, 6.45) is 6.38. The van der Waals surface area contributed by atoms with Crippen molar-refractivity contribution in [3.8, 4) is 0 Å². The molecule has 1 aliphatic heterocycles. The zero-order valence-corrected chi connectivity index (χ0v) is 18.9. The molecule has 0 saturated carbocycles. The van der Waals surface area contributed by atoms with Gasteiger partial charge >= 0.3 is 5.76 Å². The largest absolute Gasteiger partial charge is 0.419 e. The molecule has 6 heteroatoms. The van der Waals surface area contributed by atoms with Crippen molar-refractivity contribution >= 4 is 11.9 Å². The predicted octanol–water partition coefficient (Wildman–Crippen LogP) is 4.89. The average molecular weight is 438 g/mol. The maximum absolute atomic E-state index is 11.8. The third-order valence-corrected chi connectivity index (χ3v) is 7.04. The molecule has 0 spiro atoms. The molecular weight excluding hydrogens is 406 g/mol. The van der Waals surface area contributed by atoms with Crippen molar-refractivity contribution in [3.63, 3.8) is 0 Å². The number of oxazole rings is 1. The van der Waals surface area contributed by atoms with Crippen molar-refractivity contribution < 1.29 is 4.42 Å². The first-order valence-corrected chi connectivity index (χ1v) is 11.8. The van der Waals surface area contributed by atoms with Gasteiger partial charge in [0.2, 0.25) is 0 Å². The lowest BCUT2D eigenvalue weighted by molar-refractivity contribution is 0.176. The summed E-state index contributed by atoms with van der Waals surface area (Å²) in [5, 5.41) is 0. The van der Waals surface area contributed by atoms with Crippen LogP contribution in [0, 0.1) is 0 Å². The molecule has 1 aliphatic rings. The van der Waals surface area contributed by atoms with E-state index in [-0.39, 0.29) is 11.8 Å². The molecule has 3 aromatic rings. The van der Waals surface area contributed by atoms with E-state index >= 15 is 0 Å². The van der Waals surface area contributed by atoms with Gasteiger partial charge < -0.3 is 9.32 Å². The lowest BCUT2D eigenvalue weighted by atomic mass is 9.94. The Morgan fingerprint density at radius 2 is 1.74 bits per heavy atom. The third-order valence-electron chi connectivity index (χ3n) is 6.10. The number of nitrogens with zero attached hydrogens (tertiary/aromatic N) is 3. The van der Waals surface area contributed by atoms with Crippen LogP contribution in [0.15, 0.2) is 87.2 Å². The van der Waals surface area contributed by atoms with Gasteiger partial charge in [-0.2, -0.15) is 0 Å². The number of hydrogen-bond donors (Lipinski definition) is 0. The van der Waals surface area contributed by atoms with Crippen molar-refractivity contribution in [2.75, 3.05) is 33.2 Å². The minimum absolute atomic E-state index is 0.235. The zero-order chi connectivity index (χ0) is 21.5. The molecule has 4 rings (SSSR count). The molecule has 2 aromatic carbocycles. The van der Waals surface area contributed by atoms with E-state index in [1.165, 1.54) is 16.7 Å². The molecule has 0 amide bonds. The summed E-state index contributed by atoms with van der Waals surface area (Å²) in [7, 11) is 2.18. The van der Waals surface area contributed by atoms with Gasteiger partial charge in [-0.15, -0.1) is 0 Å². The number of likely N-dealkylation sites (N-methyl/N-ethyl adjacent to an activating group) is 1. The van der Waals surface area contributed by atoms with Crippen LogP contribution in [-0.2, 0) is 0 Å². The summed E-state index contributed by atoms with van der Waals surface area (Å²) < 4.78 is 9.04. The van der Waals surface area contributed by atoms with Crippen LogP contribution in [0.4, 0.5) is 0 Å². The molecule has 1 saturated heterocycles. The van der Waals surface area contributed by atoms with E-state index in [0.29, 0.717) is 5.92 Å². The maximum atomic E-state index is 11.8. The van der Waals surface area contributed by atoms with E-state index < -0.39 is 0 Å². The van der Waals surface area contributed by atoms with E-state index in [1.807, 2.05) is 0 Å².